The zero-order valence-electron chi connectivity index (χ0n) is 11.9. The van der Waals surface area contributed by atoms with Crippen LogP contribution in [0.3, 0.4) is 0 Å². The zero-order chi connectivity index (χ0) is 13.4. The zero-order valence-corrected chi connectivity index (χ0v) is 11.9. The lowest BCUT2D eigenvalue weighted by atomic mass is 10.1. The number of nitrogens with one attached hydrogen (secondary N) is 1. The van der Waals surface area contributed by atoms with E-state index < -0.39 is 0 Å². The number of aromatic nitrogens is 2. The smallest absolute Gasteiger partial charge is 0.0678 e. The Kier molecular flexibility index (Phi) is 3.15. The average molecular weight is 255 g/mol. The van der Waals surface area contributed by atoms with E-state index in [0.29, 0.717) is 0 Å². The second-order valence-corrected chi connectivity index (χ2v) is 5.61. The molecule has 1 aromatic heterocycles. The molecule has 1 saturated carbocycles. The largest absolute Gasteiger partial charge is 0.310 e. The predicted octanol–water partition coefficient (Wildman–Crippen LogP) is 3.05. The highest BCUT2D eigenvalue weighted by atomic mass is 15.3. The van der Waals surface area contributed by atoms with Gasteiger partial charge in [0.15, 0.2) is 0 Å². The maximum absolute atomic E-state index is 4.56. The first-order valence-corrected chi connectivity index (χ1v) is 7.00. The van der Waals surface area contributed by atoms with E-state index in [1.165, 1.54) is 35.3 Å². The van der Waals surface area contributed by atoms with Crippen LogP contribution in [-0.4, -0.2) is 15.8 Å². The highest BCUT2D eigenvalue weighted by Gasteiger charge is 2.20. The fraction of sp³-hybridized carbons (Fsp3) is 0.438. The third-order valence-corrected chi connectivity index (χ3v) is 3.67. The van der Waals surface area contributed by atoms with Crippen molar-refractivity contribution in [2.75, 3.05) is 0 Å². The maximum Gasteiger partial charge on any atom is 0.0678 e. The van der Waals surface area contributed by atoms with Gasteiger partial charge in [-0.1, -0.05) is 12.1 Å². The minimum absolute atomic E-state index is 0.760. The molecule has 2 aromatic rings. The van der Waals surface area contributed by atoms with Gasteiger partial charge in [0.2, 0.25) is 0 Å². The van der Waals surface area contributed by atoms with Crippen LogP contribution in [-0.2, 0) is 6.54 Å². The van der Waals surface area contributed by atoms with Gasteiger partial charge in [-0.25, -0.2) is 4.68 Å². The van der Waals surface area contributed by atoms with Crippen LogP contribution in [0, 0.1) is 20.8 Å². The lowest BCUT2D eigenvalue weighted by Crippen LogP contribution is -2.15. The Bertz CT molecular complexity index is 594. The van der Waals surface area contributed by atoms with Gasteiger partial charge in [-0.05, 0) is 56.9 Å². The lowest BCUT2D eigenvalue weighted by Gasteiger charge is -2.11. The fourth-order valence-corrected chi connectivity index (χ4v) is 2.49. The van der Waals surface area contributed by atoms with Crippen LogP contribution in [0.1, 0.15) is 35.4 Å². The van der Waals surface area contributed by atoms with Crippen molar-refractivity contribution in [3.05, 3.63) is 46.8 Å². The van der Waals surface area contributed by atoms with Crippen LogP contribution in [0.15, 0.2) is 24.3 Å². The standard InChI is InChI=1S/C16H21N3/c1-11-8-14(10-17-15-5-6-15)4-7-16(11)19-13(3)9-12(2)18-19/h4,7-9,15,17H,5-6,10H2,1-3H3. The molecule has 1 N–H and O–H groups in total. The van der Waals surface area contributed by atoms with Gasteiger partial charge in [0, 0.05) is 18.3 Å². The van der Waals surface area contributed by atoms with E-state index >= 15 is 0 Å². The summed E-state index contributed by atoms with van der Waals surface area (Å²) in [6.45, 7) is 7.27. The summed E-state index contributed by atoms with van der Waals surface area (Å²) in [4.78, 5) is 0. The summed E-state index contributed by atoms with van der Waals surface area (Å²) in [5, 5.41) is 8.11. The molecule has 0 aliphatic heterocycles. The molecule has 100 valence electrons. The van der Waals surface area contributed by atoms with Gasteiger partial charge in [-0.3, -0.25) is 0 Å². The second kappa shape index (κ2) is 4.82. The summed E-state index contributed by atoms with van der Waals surface area (Å²) >= 11 is 0. The molecule has 0 saturated heterocycles. The number of benzene rings is 1. The molecule has 1 aliphatic rings. The topological polar surface area (TPSA) is 29.9 Å². The van der Waals surface area contributed by atoms with Crippen molar-refractivity contribution in [2.45, 2.75) is 46.2 Å². The summed E-state index contributed by atoms with van der Waals surface area (Å²) in [5.74, 6) is 0. The first-order chi connectivity index (χ1) is 9.13. The molecule has 0 spiro atoms. The Balaban J connectivity index is 1.84. The van der Waals surface area contributed by atoms with Gasteiger partial charge >= 0.3 is 0 Å². The molecule has 3 nitrogen and oxygen atoms in total. The maximum atomic E-state index is 4.56. The average Bonchev–Trinajstić information content (AvgIpc) is 3.12. The van der Waals surface area contributed by atoms with Crippen molar-refractivity contribution >= 4 is 0 Å². The Morgan fingerprint density at radius 1 is 1.21 bits per heavy atom. The van der Waals surface area contributed by atoms with Crippen LogP contribution >= 0.6 is 0 Å². The number of rotatable bonds is 4. The van der Waals surface area contributed by atoms with Gasteiger partial charge in [-0.2, -0.15) is 5.10 Å². The Hall–Kier alpha value is -1.61. The third-order valence-electron chi connectivity index (χ3n) is 3.67. The summed E-state index contributed by atoms with van der Waals surface area (Å²) in [5.41, 5.74) is 6.07. The molecule has 3 rings (SSSR count). The van der Waals surface area contributed by atoms with Gasteiger partial charge in [0.25, 0.3) is 0 Å². The van der Waals surface area contributed by atoms with Crippen molar-refractivity contribution < 1.29 is 0 Å². The van der Waals surface area contributed by atoms with Crippen molar-refractivity contribution in [2.24, 2.45) is 0 Å². The highest BCUT2D eigenvalue weighted by molar-refractivity contribution is 5.43. The van der Waals surface area contributed by atoms with Gasteiger partial charge in [-0.15, -0.1) is 0 Å². The van der Waals surface area contributed by atoms with Crippen LogP contribution < -0.4 is 5.32 Å². The van der Waals surface area contributed by atoms with E-state index in [9.17, 15) is 0 Å². The SMILES string of the molecule is Cc1cc(C)n(-c2ccc(CNC3CC3)cc2C)n1. The van der Waals surface area contributed by atoms with Gasteiger partial charge in [0.05, 0.1) is 11.4 Å². The molecule has 0 radical (unpaired) electrons. The van der Waals surface area contributed by atoms with Crippen molar-refractivity contribution in [1.82, 2.24) is 15.1 Å². The number of hydrogen-bond donors (Lipinski definition) is 1. The fourth-order valence-electron chi connectivity index (χ4n) is 2.49. The van der Waals surface area contributed by atoms with Gasteiger partial charge in [0.1, 0.15) is 0 Å². The quantitative estimate of drug-likeness (QED) is 0.910. The molecule has 1 aliphatic carbocycles. The Labute approximate surface area is 114 Å². The number of nitrogens with zero attached hydrogens (tertiary/aromatic N) is 2. The monoisotopic (exact) mass is 255 g/mol. The third kappa shape index (κ3) is 2.71. The summed E-state index contributed by atoms with van der Waals surface area (Å²) in [6.07, 6.45) is 2.67. The van der Waals surface area contributed by atoms with E-state index in [1.807, 2.05) is 11.6 Å². The molecule has 1 fully saturated rings. The molecule has 0 unspecified atom stereocenters. The van der Waals surface area contributed by atoms with Crippen molar-refractivity contribution in [1.29, 1.82) is 0 Å². The highest BCUT2D eigenvalue weighted by Crippen LogP contribution is 2.21. The summed E-state index contributed by atoms with van der Waals surface area (Å²) < 4.78 is 2.03. The molecule has 1 heterocycles. The minimum atomic E-state index is 0.760. The molecule has 19 heavy (non-hydrogen) atoms. The molecule has 1 aromatic carbocycles. The molecular weight excluding hydrogens is 234 g/mol. The van der Waals surface area contributed by atoms with Gasteiger partial charge < -0.3 is 5.32 Å². The van der Waals surface area contributed by atoms with Crippen LogP contribution in [0.2, 0.25) is 0 Å². The first kappa shape index (κ1) is 12.4. The van der Waals surface area contributed by atoms with Crippen molar-refractivity contribution in [3.8, 4) is 5.69 Å². The summed E-state index contributed by atoms with van der Waals surface area (Å²) in [6, 6.07) is 9.52. The Morgan fingerprint density at radius 2 is 2.00 bits per heavy atom. The van der Waals surface area contributed by atoms with E-state index in [2.05, 4.69) is 48.5 Å². The lowest BCUT2D eigenvalue weighted by molar-refractivity contribution is 0.687. The van der Waals surface area contributed by atoms with E-state index in [4.69, 9.17) is 0 Å². The van der Waals surface area contributed by atoms with Crippen LogP contribution in [0.4, 0.5) is 0 Å². The Morgan fingerprint density at radius 3 is 2.58 bits per heavy atom. The molecule has 0 amide bonds. The normalized spacial score (nSPS) is 14.9. The van der Waals surface area contributed by atoms with E-state index in [0.717, 1.165) is 18.3 Å². The number of hydrogen-bond acceptors (Lipinski definition) is 2. The van der Waals surface area contributed by atoms with Crippen molar-refractivity contribution in [3.63, 3.8) is 0 Å². The molecule has 3 heteroatoms. The summed E-state index contributed by atoms with van der Waals surface area (Å²) in [7, 11) is 0. The van der Waals surface area contributed by atoms with E-state index in [1.54, 1.807) is 0 Å². The minimum Gasteiger partial charge on any atom is -0.310 e. The van der Waals surface area contributed by atoms with E-state index in [-0.39, 0.29) is 0 Å². The van der Waals surface area contributed by atoms with Crippen LogP contribution in [0.5, 0.6) is 0 Å². The molecule has 0 bridgehead atoms. The number of aryl methyl sites for hydroxylation is 3. The molecular formula is C16H21N3. The predicted molar refractivity (Wildman–Crippen MR) is 77.6 cm³/mol. The first-order valence-electron chi connectivity index (χ1n) is 7.00. The van der Waals surface area contributed by atoms with Crippen LogP contribution in [0.25, 0.3) is 5.69 Å². The second-order valence-electron chi connectivity index (χ2n) is 5.61. The molecule has 0 atom stereocenters.